The van der Waals surface area contributed by atoms with Gasteiger partial charge in [-0.1, -0.05) is 33.8 Å². The highest BCUT2D eigenvalue weighted by Crippen LogP contribution is 2.61. The lowest BCUT2D eigenvalue weighted by atomic mass is 9.60. The van der Waals surface area contributed by atoms with Gasteiger partial charge in [0.05, 0.1) is 12.9 Å². The van der Waals surface area contributed by atoms with Gasteiger partial charge in [-0.05, 0) is 49.4 Å². The summed E-state index contributed by atoms with van der Waals surface area (Å²) < 4.78 is 5.63. The summed E-state index contributed by atoms with van der Waals surface area (Å²) in [5, 5.41) is 0. The summed E-state index contributed by atoms with van der Waals surface area (Å²) in [5.41, 5.74) is 0.458. The van der Waals surface area contributed by atoms with Gasteiger partial charge < -0.3 is 4.74 Å². The molecule has 0 amide bonds. The topological polar surface area (TPSA) is 9.23 Å². The Morgan fingerprint density at radius 1 is 1.29 bits per heavy atom. The molecular weight excluding hydrogens is 208 g/mol. The van der Waals surface area contributed by atoms with Gasteiger partial charge in [-0.3, -0.25) is 0 Å². The van der Waals surface area contributed by atoms with E-state index in [0.29, 0.717) is 5.41 Å². The third kappa shape index (κ3) is 2.02. The zero-order valence-corrected chi connectivity index (χ0v) is 11.7. The van der Waals surface area contributed by atoms with E-state index < -0.39 is 0 Å². The Bertz CT molecular complexity index is 273. The Hall–Kier alpha value is -0.460. The van der Waals surface area contributed by atoms with E-state index in [-0.39, 0.29) is 0 Å². The second-order valence-corrected chi connectivity index (χ2v) is 6.33. The highest BCUT2D eigenvalue weighted by Gasteiger charge is 2.55. The molecule has 0 aliphatic heterocycles. The lowest BCUT2D eigenvalue weighted by Gasteiger charge is -2.46. The van der Waals surface area contributed by atoms with Gasteiger partial charge in [0.2, 0.25) is 0 Å². The van der Waals surface area contributed by atoms with Crippen LogP contribution in [0.5, 0.6) is 0 Å². The third-order valence-corrected chi connectivity index (χ3v) is 5.81. The van der Waals surface area contributed by atoms with Gasteiger partial charge in [0.1, 0.15) is 0 Å². The average molecular weight is 236 g/mol. The van der Waals surface area contributed by atoms with Crippen LogP contribution in [0.4, 0.5) is 0 Å². The minimum Gasteiger partial charge on any atom is -0.501 e. The van der Waals surface area contributed by atoms with Gasteiger partial charge in [0.25, 0.3) is 0 Å². The minimum absolute atomic E-state index is 0.458. The van der Waals surface area contributed by atoms with Crippen LogP contribution in [0, 0.1) is 29.1 Å². The Labute approximate surface area is 107 Å². The molecule has 0 aromatic carbocycles. The van der Waals surface area contributed by atoms with Crippen molar-refractivity contribution >= 4 is 0 Å². The average Bonchev–Trinajstić information content (AvgIpc) is 2.50. The lowest BCUT2D eigenvalue weighted by Crippen LogP contribution is -2.42. The van der Waals surface area contributed by atoms with Gasteiger partial charge in [-0.25, -0.2) is 0 Å². The molecule has 2 rings (SSSR count). The monoisotopic (exact) mass is 236 g/mol. The molecule has 2 fully saturated rings. The van der Waals surface area contributed by atoms with E-state index in [1.54, 1.807) is 6.26 Å². The summed E-state index contributed by atoms with van der Waals surface area (Å²) in [6.45, 7) is 11.8. The Balaban J connectivity index is 2.19. The van der Waals surface area contributed by atoms with E-state index in [0.717, 1.165) is 30.3 Å². The Morgan fingerprint density at radius 2 is 2.06 bits per heavy atom. The molecule has 5 atom stereocenters. The summed E-state index contributed by atoms with van der Waals surface area (Å²) in [4.78, 5) is 0. The van der Waals surface area contributed by atoms with Crippen LogP contribution in [-0.4, -0.2) is 6.61 Å². The molecule has 0 radical (unpaired) electrons. The van der Waals surface area contributed by atoms with Crippen molar-refractivity contribution in [3.05, 3.63) is 12.8 Å². The van der Waals surface area contributed by atoms with Crippen molar-refractivity contribution in [1.29, 1.82) is 0 Å². The first kappa shape index (κ1) is 13.0. The van der Waals surface area contributed by atoms with Crippen LogP contribution in [0.3, 0.4) is 0 Å². The molecule has 98 valence electrons. The van der Waals surface area contributed by atoms with Crippen molar-refractivity contribution in [2.24, 2.45) is 29.1 Å². The molecule has 0 saturated heterocycles. The van der Waals surface area contributed by atoms with Crippen LogP contribution in [-0.2, 0) is 4.74 Å². The maximum absolute atomic E-state index is 5.63. The van der Waals surface area contributed by atoms with E-state index in [1.165, 1.54) is 32.1 Å². The van der Waals surface area contributed by atoms with Crippen LogP contribution in [0.1, 0.15) is 52.9 Å². The number of fused-ring (bicyclic) bond motifs is 2. The minimum atomic E-state index is 0.458. The molecule has 0 heterocycles. The molecule has 2 aliphatic carbocycles. The van der Waals surface area contributed by atoms with Gasteiger partial charge in [0.15, 0.2) is 0 Å². The molecule has 0 aromatic heterocycles. The van der Waals surface area contributed by atoms with E-state index >= 15 is 0 Å². The third-order valence-electron chi connectivity index (χ3n) is 5.81. The van der Waals surface area contributed by atoms with E-state index in [1.807, 2.05) is 0 Å². The van der Waals surface area contributed by atoms with E-state index in [4.69, 9.17) is 4.74 Å². The maximum Gasteiger partial charge on any atom is 0.0934 e. The zero-order valence-electron chi connectivity index (χ0n) is 11.7. The van der Waals surface area contributed by atoms with Gasteiger partial charge >= 0.3 is 0 Å². The quantitative estimate of drug-likeness (QED) is 0.632. The first-order valence-electron chi connectivity index (χ1n) is 7.40. The number of hydrogen-bond acceptors (Lipinski definition) is 1. The van der Waals surface area contributed by atoms with Gasteiger partial charge in [-0.15, -0.1) is 0 Å². The van der Waals surface area contributed by atoms with Crippen LogP contribution < -0.4 is 0 Å². The fourth-order valence-corrected chi connectivity index (χ4v) is 4.80. The van der Waals surface area contributed by atoms with Crippen LogP contribution >= 0.6 is 0 Å². The fraction of sp³-hybridized carbons (Fsp3) is 0.875. The highest BCUT2D eigenvalue weighted by atomic mass is 16.5. The second kappa shape index (κ2) is 5.04. The number of hydrogen-bond donors (Lipinski definition) is 0. The largest absolute Gasteiger partial charge is 0.501 e. The van der Waals surface area contributed by atoms with Crippen molar-refractivity contribution in [3.63, 3.8) is 0 Å². The van der Waals surface area contributed by atoms with Crippen LogP contribution in [0.2, 0.25) is 0 Å². The Morgan fingerprint density at radius 3 is 2.59 bits per heavy atom. The standard InChI is InChI=1S/C16H28O/c1-5-13-9-14-8-12(4)15(10-13)16(14,6-2)11-17-7-3/h7,12-15H,3,5-6,8-11H2,1-2,4H3. The molecule has 1 nitrogen and oxygen atoms in total. The molecule has 0 aromatic rings. The second-order valence-electron chi connectivity index (χ2n) is 6.33. The van der Waals surface area contributed by atoms with Crippen molar-refractivity contribution in [2.75, 3.05) is 6.61 Å². The molecule has 2 saturated carbocycles. The molecule has 2 aliphatic rings. The van der Waals surface area contributed by atoms with Gasteiger partial charge in [-0.2, -0.15) is 0 Å². The molecule has 5 unspecified atom stereocenters. The van der Waals surface area contributed by atoms with Crippen molar-refractivity contribution in [1.82, 2.24) is 0 Å². The summed E-state index contributed by atoms with van der Waals surface area (Å²) in [6.07, 6.45) is 8.57. The predicted molar refractivity (Wildman–Crippen MR) is 72.6 cm³/mol. The lowest BCUT2D eigenvalue weighted by molar-refractivity contribution is -0.0228. The van der Waals surface area contributed by atoms with Gasteiger partial charge in [0, 0.05) is 5.41 Å². The SMILES string of the molecule is C=COCC1(CC)C2CC(CC)CC1C(C)C2. The Kier molecular flexibility index (Phi) is 3.85. The first-order valence-corrected chi connectivity index (χ1v) is 7.40. The predicted octanol–water partition coefficient (Wildman–Crippen LogP) is 4.64. The summed E-state index contributed by atoms with van der Waals surface area (Å²) in [5.74, 6) is 3.64. The van der Waals surface area contributed by atoms with Crippen LogP contribution in [0.15, 0.2) is 12.8 Å². The normalized spacial score (nSPS) is 44.6. The molecule has 0 spiro atoms. The molecule has 2 bridgehead atoms. The summed E-state index contributed by atoms with van der Waals surface area (Å²) >= 11 is 0. The molecular formula is C16H28O. The number of ether oxygens (including phenoxy) is 1. The van der Waals surface area contributed by atoms with Crippen molar-refractivity contribution in [2.45, 2.75) is 52.9 Å². The fourth-order valence-electron chi connectivity index (χ4n) is 4.80. The highest BCUT2D eigenvalue weighted by molar-refractivity contribution is 5.04. The summed E-state index contributed by atoms with van der Waals surface area (Å²) in [6, 6.07) is 0. The molecule has 17 heavy (non-hydrogen) atoms. The summed E-state index contributed by atoms with van der Waals surface area (Å²) in [7, 11) is 0. The van der Waals surface area contributed by atoms with E-state index in [2.05, 4.69) is 27.4 Å². The zero-order chi connectivity index (χ0) is 12.5. The maximum atomic E-state index is 5.63. The van der Waals surface area contributed by atoms with E-state index in [9.17, 15) is 0 Å². The van der Waals surface area contributed by atoms with Crippen molar-refractivity contribution in [3.8, 4) is 0 Å². The molecule has 0 N–H and O–H groups in total. The smallest absolute Gasteiger partial charge is 0.0934 e. The van der Waals surface area contributed by atoms with Crippen LogP contribution in [0.25, 0.3) is 0 Å². The number of rotatable bonds is 5. The molecule has 1 heteroatoms. The first-order chi connectivity index (χ1) is 8.17. The van der Waals surface area contributed by atoms with Crippen molar-refractivity contribution < 1.29 is 4.74 Å².